The minimum atomic E-state index is -0.0449. The number of benzene rings is 2. The molecule has 0 saturated carbocycles. The Morgan fingerprint density at radius 3 is 2.48 bits per heavy atom. The summed E-state index contributed by atoms with van der Waals surface area (Å²) in [4.78, 5) is 14.5. The van der Waals surface area contributed by atoms with Gasteiger partial charge in [-0.3, -0.25) is 4.79 Å². The molecule has 2 aromatic rings. The van der Waals surface area contributed by atoms with Crippen molar-refractivity contribution >= 4 is 5.91 Å². The molecule has 2 aromatic carbocycles. The number of amides is 1. The van der Waals surface area contributed by atoms with E-state index < -0.39 is 0 Å². The lowest BCUT2D eigenvalue weighted by Gasteiger charge is -2.27. The van der Waals surface area contributed by atoms with Gasteiger partial charge in [-0.05, 0) is 49.9 Å². The van der Waals surface area contributed by atoms with Gasteiger partial charge < -0.3 is 9.64 Å². The normalized spacial score (nSPS) is 16.0. The van der Waals surface area contributed by atoms with E-state index in [0.29, 0.717) is 5.56 Å². The molecule has 1 saturated heterocycles. The number of nitrogens with zero attached hydrogens (tertiary/aromatic N) is 1. The molecule has 1 amide bonds. The maximum atomic E-state index is 12.6. The second-order valence-electron chi connectivity index (χ2n) is 6.05. The zero-order chi connectivity index (χ0) is 16.1. The van der Waals surface area contributed by atoms with Gasteiger partial charge in [-0.25, -0.2) is 0 Å². The lowest BCUT2D eigenvalue weighted by atomic mass is 10.1. The summed E-state index contributed by atoms with van der Waals surface area (Å²) in [6.07, 6.45) is 3.39. The lowest BCUT2D eigenvalue weighted by Crippen LogP contribution is -2.35. The number of piperidine rings is 1. The van der Waals surface area contributed by atoms with E-state index >= 15 is 0 Å². The van der Waals surface area contributed by atoms with Gasteiger partial charge in [-0.1, -0.05) is 36.4 Å². The van der Waals surface area contributed by atoms with Crippen LogP contribution in [-0.2, 0) is 0 Å². The van der Waals surface area contributed by atoms with E-state index in [-0.39, 0.29) is 12.0 Å². The van der Waals surface area contributed by atoms with E-state index in [0.717, 1.165) is 37.2 Å². The van der Waals surface area contributed by atoms with Gasteiger partial charge in [0.05, 0.1) is 0 Å². The number of ether oxygens (including phenoxy) is 1. The average molecular weight is 309 g/mol. The quantitative estimate of drug-likeness (QED) is 0.835. The monoisotopic (exact) mass is 309 g/mol. The topological polar surface area (TPSA) is 29.5 Å². The highest BCUT2D eigenvalue weighted by atomic mass is 16.5. The molecular weight excluding hydrogens is 286 g/mol. The van der Waals surface area contributed by atoms with Gasteiger partial charge in [0.25, 0.3) is 5.91 Å². The summed E-state index contributed by atoms with van der Waals surface area (Å²) in [6, 6.07) is 17.6. The summed E-state index contributed by atoms with van der Waals surface area (Å²) in [5, 5.41) is 0. The molecule has 1 fully saturated rings. The molecule has 120 valence electrons. The molecule has 3 nitrogen and oxygen atoms in total. The summed E-state index contributed by atoms with van der Waals surface area (Å²) >= 11 is 0. The molecule has 0 aliphatic carbocycles. The van der Waals surface area contributed by atoms with E-state index in [9.17, 15) is 4.79 Å². The average Bonchev–Trinajstić information content (AvgIpc) is 2.63. The third-order valence-corrected chi connectivity index (χ3v) is 4.31. The Morgan fingerprint density at radius 1 is 1.00 bits per heavy atom. The van der Waals surface area contributed by atoms with Gasteiger partial charge in [0.1, 0.15) is 11.9 Å². The third kappa shape index (κ3) is 3.92. The van der Waals surface area contributed by atoms with Crippen LogP contribution in [0.3, 0.4) is 0 Å². The Bertz CT molecular complexity index is 648. The largest absolute Gasteiger partial charge is 0.486 e. The molecule has 3 rings (SSSR count). The lowest BCUT2D eigenvalue weighted by molar-refractivity contribution is 0.0723. The number of carbonyl (C=O) groups excluding carboxylic acids is 1. The maximum absolute atomic E-state index is 12.6. The van der Waals surface area contributed by atoms with Crippen molar-refractivity contribution in [3.05, 3.63) is 65.7 Å². The predicted molar refractivity (Wildman–Crippen MR) is 91.7 cm³/mol. The first kappa shape index (κ1) is 15.6. The third-order valence-electron chi connectivity index (χ3n) is 4.31. The highest BCUT2D eigenvalue weighted by Crippen LogP contribution is 2.23. The standard InChI is InChI=1S/C20H23NO2/c1-16(17-9-4-2-5-10-17)23-19-12-8-11-18(15-19)20(22)21-13-6-3-7-14-21/h2,4-5,8-12,15-16H,3,6-7,13-14H2,1H3. The highest BCUT2D eigenvalue weighted by Gasteiger charge is 2.18. The minimum absolute atomic E-state index is 0.0449. The molecule has 0 spiro atoms. The zero-order valence-corrected chi connectivity index (χ0v) is 13.6. The molecular formula is C20H23NO2. The van der Waals surface area contributed by atoms with Crippen LogP contribution in [-0.4, -0.2) is 23.9 Å². The van der Waals surface area contributed by atoms with E-state index in [1.165, 1.54) is 6.42 Å². The molecule has 0 N–H and O–H groups in total. The SMILES string of the molecule is CC(Oc1cccc(C(=O)N2CCCCC2)c1)c1ccccc1. The van der Waals surface area contributed by atoms with Crippen molar-refractivity contribution in [2.75, 3.05) is 13.1 Å². The second-order valence-corrected chi connectivity index (χ2v) is 6.05. The first-order chi connectivity index (χ1) is 11.2. The molecule has 1 atom stereocenters. The molecule has 1 aliphatic heterocycles. The number of likely N-dealkylation sites (tertiary alicyclic amines) is 1. The summed E-state index contributed by atoms with van der Waals surface area (Å²) < 4.78 is 6.01. The van der Waals surface area contributed by atoms with E-state index in [2.05, 4.69) is 0 Å². The van der Waals surface area contributed by atoms with Crippen LogP contribution < -0.4 is 4.74 Å². The smallest absolute Gasteiger partial charge is 0.253 e. The minimum Gasteiger partial charge on any atom is -0.486 e. The van der Waals surface area contributed by atoms with Crippen LogP contribution in [0.25, 0.3) is 0 Å². The molecule has 1 aliphatic rings. The fourth-order valence-electron chi connectivity index (χ4n) is 2.98. The summed E-state index contributed by atoms with van der Waals surface area (Å²) in [5.41, 5.74) is 1.84. The number of carbonyl (C=O) groups is 1. The Morgan fingerprint density at radius 2 is 1.74 bits per heavy atom. The molecule has 0 aromatic heterocycles. The fraction of sp³-hybridized carbons (Fsp3) is 0.350. The Balaban J connectivity index is 1.71. The molecule has 0 bridgehead atoms. The Labute approximate surface area is 137 Å². The summed E-state index contributed by atoms with van der Waals surface area (Å²) in [6.45, 7) is 3.75. The van der Waals surface area contributed by atoms with Gasteiger partial charge in [0, 0.05) is 18.7 Å². The van der Waals surface area contributed by atoms with Crippen molar-refractivity contribution in [2.24, 2.45) is 0 Å². The Kier molecular flexibility index (Phi) is 4.96. The van der Waals surface area contributed by atoms with Crippen LogP contribution in [0.4, 0.5) is 0 Å². The van der Waals surface area contributed by atoms with E-state index in [1.54, 1.807) is 0 Å². The van der Waals surface area contributed by atoms with Crippen LogP contribution >= 0.6 is 0 Å². The zero-order valence-electron chi connectivity index (χ0n) is 13.6. The molecule has 1 heterocycles. The molecule has 23 heavy (non-hydrogen) atoms. The van der Waals surface area contributed by atoms with Gasteiger partial charge in [-0.2, -0.15) is 0 Å². The van der Waals surface area contributed by atoms with Crippen molar-refractivity contribution in [3.63, 3.8) is 0 Å². The van der Waals surface area contributed by atoms with Gasteiger partial charge in [0.15, 0.2) is 0 Å². The van der Waals surface area contributed by atoms with Crippen molar-refractivity contribution < 1.29 is 9.53 Å². The highest BCUT2D eigenvalue weighted by molar-refractivity contribution is 5.94. The number of hydrogen-bond acceptors (Lipinski definition) is 2. The van der Waals surface area contributed by atoms with Gasteiger partial charge in [-0.15, -0.1) is 0 Å². The van der Waals surface area contributed by atoms with Crippen LogP contribution in [0, 0.1) is 0 Å². The van der Waals surface area contributed by atoms with Crippen LogP contribution in [0.1, 0.15) is 48.2 Å². The number of hydrogen-bond donors (Lipinski definition) is 0. The van der Waals surface area contributed by atoms with Crippen molar-refractivity contribution in [1.82, 2.24) is 4.90 Å². The second kappa shape index (κ2) is 7.32. The van der Waals surface area contributed by atoms with Crippen molar-refractivity contribution in [1.29, 1.82) is 0 Å². The van der Waals surface area contributed by atoms with Gasteiger partial charge >= 0.3 is 0 Å². The Hall–Kier alpha value is -2.29. The summed E-state index contributed by atoms with van der Waals surface area (Å²) in [7, 11) is 0. The van der Waals surface area contributed by atoms with Crippen LogP contribution in [0.15, 0.2) is 54.6 Å². The first-order valence-electron chi connectivity index (χ1n) is 8.35. The maximum Gasteiger partial charge on any atom is 0.253 e. The fourth-order valence-corrected chi connectivity index (χ4v) is 2.98. The van der Waals surface area contributed by atoms with Crippen molar-refractivity contribution in [3.8, 4) is 5.75 Å². The van der Waals surface area contributed by atoms with E-state index in [4.69, 9.17) is 4.74 Å². The van der Waals surface area contributed by atoms with Gasteiger partial charge in [0.2, 0.25) is 0 Å². The summed E-state index contributed by atoms with van der Waals surface area (Å²) in [5.74, 6) is 0.853. The first-order valence-corrected chi connectivity index (χ1v) is 8.35. The number of rotatable bonds is 4. The molecule has 0 radical (unpaired) electrons. The van der Waals surface area contributed by atoms with Crippen LogP contribution in [0.2, 0.25) is 0 Å². The predicted octanol–water partition coefficient (Wildman–Crippen LogP) is 4.45. The van der Waals surface area contributed by atoms with Crippen molar-refractivity contribution in [2.45, 2.75) is 32.3 Å². The molecule has 1 unspecified atom stereocenters. The molecule has 3 heteroatoms. The van der Waals surface area contributed by atoms with E-state index in [1.807, 2.05) is 66.4 Å². The van der Waals surface area contributed by atoms with Crippen LogP contribution in [0.5, 0.6) is 5.75 Å².